The lowest BCUT2D eigenvalue weighted by atomic mass is 9.84. The molecule has 1 saturated carbocycles. The van der Waals surface area contributed by atoms with Crippen LogP contribution in [0.4, 0.5) is 5.82 Å². The Morgan fingerprint density at radius 2 is 2.17 bits per heavy atom. The van der Waals surface area contributed by atoms with Crippen molar-refractivity contribution in [3.8, 4) is 0 Å². The van der Waals surface area contributed by atoms with Crippen molar-refractivity contribution in [1.82, 2.24) is 10.3 Å². The standard InChI is InChI=1S/C14H21N3O/c1-2-10-5-7-11(8-6-10)17-14(18)12-4-3-9-16-13(12)15/h3-4,9-11H,2,5-8H2,1H3,(H2,15,16)(H,17,18). The Labute approximate surface area is 108 Å². The molecule has 1 aromatic rings. The molecular weight excluding hydrogens is 226 g/mol. The van der Waals surface area contributed by atoms with E-state index in [1.54, 1.807) is 18.3 Å². The normalized spacial score (nSPS) is 23.6. The predicted molar refractivity (Wildman–Crippen MR) is 72.2 cm³/mol. The number of aromatic nitrogens is 1. The molecule has 0 radical (unpaired) electrons. The van der Waals surface area contributed by atoms with E-state index in [-0.39, 0.29) is 5.91 Å². The minimum atomic E-state index is -0.0967. The zero-order valence-electron chi connectivity index (χ0n) is 10.9. The van der Waals surface area contributed by atoms with Crippen molar-refractivity contribution in [3.05, 3.63) is 23.9 Å². The molecule has 4 heteroatoms. The lowest BCUT2D eigenvalue weighted by molar-refractivity contribution is 0.0922. The summed E-state index contributed by atoms with van der Waals surface area (Å²) in [5, 5.41) is 3.06. The van der Waals surface area contributed by atoms with Crippen LogP contribution in [0.1, 0.15) is 49.4 Å². The first-order valence-electron chi connectivity index (χ1n) is 6.72. The van der Waals surface area contributed by atoms with Gasteiger partial charge < -0.3 is 11.1 Å². The molecule has 0 unspecified atom stereocenters. The highest BCUT2D eigenvalue weighted by atomic mass is 16.1. The summed E-state index contributed by atoms with van der Waals surface area (Å²) in [5.41, 5.74) is 6.18. The van der Waals surface area contributed by atoms with E-state index >= 15 is 0 Å². The van der Waals surface area contributed by atoms with Crippen molar-refractivity contribution >= 4 is 11.7 Å². The average molecular weight is 247 g/mol. The molecular formula is C14H21N3O. The highest BCUT2D eigenvalue weighted by Crippen LogP contribution is 2.26. The molecule has 1 aliphatic carbocycles. The van der Waals surface area contributed by atoms with Crippen LogP contribution in [0.3, 0.4) is 0 Å². The van der Waals surface area contributed by atoms with E-state index in [1.807, 2.05) is 0 Å². The van der Waals surface area contributed by atoms with Gasteiger partial charge in [0.1, 0.15) is 5.82 Å². The minimum absolute atomic E-state index is 0.0967. The first kappa shape index (κ1) is 12.9. The Bertz CT molecular complexity index is 411. The SMILES string of the molecule is CCC1CCC(NC(=O)c2cccnc2N)CC1. The van der Waals surface area contributed by atoms with Crippen molar-refractivity contribution in [3.63, 3.8) is 0 Å². The summed E-state index contributed by atoms with van der Waals surface area (Å²) in [6.45, 7) is 2.24. The molecule has 0 atom stereocenters. The molecule has 0 aromatic carbocycles. The third-order valence-electron chi connectivity index (χ3n) is 3.84. The molecule has 1 amide bonds. The summed E-state index contributed by atoms with van der Waals surface area (Å²) in [5.74, 6) is 1.04. The maximum atomic E-state index is 12.1. The van der Waals surface area contributed by atoms with Crippen molar-refractivity contribution in [2.24, 2.45) is 5.92 Å². The number of amides is 1. The zero-order valence-corrected chi connectivity index (χ0v) is 10.9. The number of anilines is 1. The number of nitrogen functional groups attached to an aromatic ring is 1. The number of rotatable bonds is 3. The maximum Gasteiger partial charge on any atom is 0.255 e. The van der Waals surface area contributed by atoms with Gasteiger partial charge in [0, 0.05) is 12.2 Å². The van der Waals surface area contributed by atoms with E-state index in [0.717, 1.165) is 18.8 Å². The van der Waals surface area contributed by atoms with Crippen LogP contribution in [0, 0.1) is 5.92 Å². The van der Waals surface area contributed by atoms with E-state index < -0.39 is 0 Å². The predicted octanol–water partition coefficient (Wildman–Crippen LogP) is 2.36. The smallest absolute Gasteiger partial charge is 0.255 e. The number of nitrogens with one attached hydrogen (secondary N) is 1. The average Bonchev–Trinajstić information content (AvgIpc) is 2.40. The molecule has 0 saturated heterocycles. The van der Waals surface area contributed by atoms with Gasteiger partial charge in [-0.3, -0.25) is 4.79 Å². The highest BCUT2D eigenvalue weighted by Gasteiger charge is 2.22. The summed E-state index contributed by atoms with van der Waals surface area (Å²) in [6.07, 6.45) is 7.41. The van der Waals surface area contributed by atoms with Gasteiger partial charge in [0.25, 0.3) is 5.91 Å². The fourth-order valence-electron chi connectivity index (χ4n) is 2.59. The summed E-state index contributed by atoms with van der Waals surface area (Å²) >= 11 is 0. The molecule has 1 fully saturated rings. The minimum Gasteiger partial charge on any atom is -0.383 e. The molecule has 0 spiro atoms. The van der Waals surface area contributed by atoms with E-state index in [1.165, 1.54) is 19.3 Å². The number of hydrogen-bond acceptors (Lipinski definition) is 3. The lowest BCUT2D eigenvalue weighted by Crippen LogP contribution is -2.37. The Hall–Kier alpha value is -1.58. The summed E-state index contributed by atoms with van der Waals surface area (Å²) in [6, 6.07) is 3.74. The van der Waals surface area contributed by atoms with E-state index in [2.05, 4.69) is 17.2 Å². The fourth-order valence-corrected chi connectivity index (χ4v) is 2.59. The van der Waals surface area contributed by atoms with Crippen molar-refractivity contribution < 1.29 is 4.79 Å². The lowest BCUT2D eigenvalue weighted by Gasteiger charge is -2.28. The van der Waals surface area contributed by atoms with Crippen LogP contribution in [0.2, 0.25) is 0 Å². The van der Waals surface area contributed by atoms with Crippen LogP contribution < -0.4 is 11.1 Å². The highest BCUT2D eigenvalue weighted by molar-refractivity contribution is 5.98. The Balaban J connectivity index is 1.91. The number of hydrogen-bond donors (Lipinski definition) is 2. The Morgan fingerprint density at radius 1 is 1.44 bits per heavy atom. The van der Waals surface area contributed by atoms with Crippen LogP contribution in [0.15, 0.2) is 18.3 Å². The number of carbonyl (C=O) groups is 1. The monoisotopic (exact) mass is 247 g/mol. The molecule has 1 heterocycles. The van der Waals surface area contributed by atoms with Crippen molar-refractivity contribution in [2.45, 2.75) is 45.1 Å². The van der Waals surface area contributed by atoms with Gasteiger partial charge in [-0.2, -0.15) is 0 Å². The molecule has 0 aliphatic heterocycles. The quantitative estimate of drug-likeness (QED) is 0.861. The molecule has 3 N–H and O–H groups in total. The Morgan fingerprint density at radius 3 is 2.78 bits per heavy atom. The van der Waals surface area contributed by atoms with Crippen molar-refractivity contribution in [1.29, 1.82) is 0 Å². The first-order valence-corrected chi connectivity index (χ1v) is 6.72. The third-order valence-corrected chi connectivity index (χ3v) is 3.84. The summed E-state index contributed by atoms with van der Waals surface area (Å²) < 4.78 is 0. The maximum absolute atomic E-state index is 12.1. The molecule has 1 aromatic heterocycles. The largest absolute Gasteiger partial charge is 0.383 e. The Kier molecular flexibility index (Phi) is 4.18. The number of nitrogens with two attached hydrogens (primary N) is 1. The van der Waals surface area contributed by atoms with Gasteiger partial charge in [0.2, 0.25) is 0 Å². The van der Waals surface area contributed by atoms with E-state index in [0.29, 0.717) is 17.4 Å². The molecule has 1 aliphatic rings. The van der Waals surface area contributed by atoms with Crippen molar-refractivity contribution in [2.75, 3.05) is 5.73 Å². The van der Waals surface area contributed by atoms with Crippen LogP contribution in [-0.4, -0.2) is 16.9 Å². The fraction of sp³-hybridized carbons (Fsp3) is 0.571. The van der Waals surface area contributed by atoms with Gasteiger partial charge in [-0.25, -0.2) is 4.98 Å². The molecule has 2 rings (SSSR count). The van der Waals surface area contributed by atoms with Crippen LogP contribution in [0.25, 0.3) is 0 Å². The number of pyridine rings is 1. The van der Waals surface area contributed by atoms with Gasteiger partial charge >= 0.3 is 0 Å². The van der Waals surface area contributed by atoms with E-state index in [9.17, 15) is 4.79 Å². The number of carbonyl (C=O) groups excluding carboxylic acids is 1. The van der Waals surface area contributed by atoms with Gasteiger partial charge in [-0.15, -0.1) is 0 Å². The third kappa shape index (κ3) is 3.00. The van der Waals surface area contributed by atoms with Gasteiger partial charge in [-0.05, 0) is 43.7 Å². The summed E-state index contributed by atoms with van der Waals surface area (Å²) in [7, 11) is 0. The van der Waals surface area contributed by atoms with Crippen LogP contribution in [0.5, 0.6) is 0 Å². The van der Waals surface area contributed by atoms with Crippen LogP contribution in [-0.2, 0) is 0 Å². The first-order chi connectivity index (χ1) is 8.70. The number of nitrogens with zero attached hydrogens (tertiary/aromatic N) is 1. The van der Waals surface area contributed by atoms with Gasteiger partial charge in [0.05, 0.1) is 5.56 Å². The van der Waals surface area contributed by atoms with Gasteiger partial charge in [-0.1, -0.05) is 13.3 Å². The summed E-state index contributed by atoms with van der Waals surface area (Å²) in [4.78, 5) is 16.0. The van der Waals surface area contributed by atoms with Gasteiger partial charge in [0.15, 0.2) is 0 Å². The second-order valence-corrected chi connectivity index (χ2v) is 5.04. The molecule has 98 valence electrons. The second kappa shape index (κ2) is 5.85. The molecule has 4 nitrogen and oxygen atoms in total. The van der Waals surface area contributed by atoms with Crippen LogP contribution >= 0.6 is 0 Å². The van der Waals surface area contributed by atoms with E-state index in [4.69, 9.17) is 5.73 Å². The zero-order chi connectivity index (χ0) is 13.0. The second-order valence-electron chi connectivity index (χ2n) is 5.04. The molecule has 18 heavy (non-hydrogen) atoms. The topological polar surface area (TPSA) is 68.0 Å². The molecule has 0 bridgehead atoms.